The van der Waals surface area contributed by atoms with Crippen molar-refractivity contribution < 1.29 is 19.4 Å². The molecule has 6 nitrogen and oxygen atoms in total. The van der Waals surface area contributed by atoms with E-state index in [-0.39, 0.29) is 11.7 Å². The number of aromatic hydroxyl groups is 1. The fourth-order valence-electron chi connectivity index (χ4n) is 2.96. The van der Waals surface area contributed by atoms with Gasteiger partial charge in [0.15, 0.2) is 0 Å². The van der Waals surface area contributed by atoms with Gasteiger partial charge in [0, 0.05) is 31.9 Å². The molecule has 0 aliphatic carbocycles. The van der Waals surface area contributed by atoms with Gasteiger partial charge >= 0.3 is 0 Å². The smallest absolute Gasteiger partial charge is 0.226 e. The summed E-state index contributed by atoms with van der Waals surface area (Å²) in [6.45, 7) is 3.39. The van der Waals surface area contributed by atoms with Gasteiger partial charge in [-0.1, -0.05) is 0 Å². The van der Waals surface area contributed by atoms with Crippen LogP contribution in [0.2, 0.25) is 0 Å². The van der Waals surface area contributed by atoms with Gasteiger partial charge in [0.2, 0.25) is 5.91 Å². The molecular weight excluding hydrogens is 332 g/mol. The highest BCUT2D eigenvalue weighted by Crippen LogP contribution is 2.21. The van der Waals surface area contributed by atoms with E-state index in [4.69, 9.17) is 9.47 Å². The van der Waals surface area contributed by atoms with E-state index in [0.717, 1.165) is 24.5 Å². The number of rotatable bonds is 6. The maximum absolute atomic E-state index is 12.3. The van der Waals surface area contributed by atoms with Crippen LogP contribution in [-0.4, -0.2) is 55.8 Å². The Labute approximate surface area is 153 Å². The van der Waals surface area contributed by atoms with E-state index in [1.54, 1.807) is 31.4 Å². The van der Waals surface area contributed by atoms with Gasteiger partial charge in [-0.15, -0.1) is 0 Å². The number of amides is 1. The molecule has 1 N–H and O–H groups in total. The molecule has 138 valence electrons. The highest BCUT2D eigenvalue weighted by molar-refractivity contribution is 5.76. The number of anilines is 1. The fraction of sp³-hybridized carbons (Fsp3) is 0.350. The third-order valence-electron chi connectivity index (χ3n) is 4.49. The molecule has 0 radical (unpaired) electrons. The monoisotopic (exact) mass is 356 g/mol. The molecule has 3 rings (SSSR count). The molecule has 1 saturated heterocycles. The van der Waals surface area contributed by atoms with Crippen LogP contribution in [0, 0.1) is 0 Å². The minimum Gasteiger partial charge on any atom is -0.508 e. The zero-order valence-corrected chi connectivity index (χ0v) is 14.9. The van der Waals surface area contributed by atoms with E-state index in [0.29, 0.717) is 31.9 Å². The molecule has 2 aromatic carbocycles. The molecule has 26 heavy (non-hydrogen) atoms. The van der Waals surface area contributed by atoms with Crippen molar-refractivity contribution in [3.05, 3.63) is 48.5 Å². The van der Waals surface area contributed by atoms with Crippen LogP contribution in [0.3, 0.4) is 0 Å². The first-order chi connectivity index (χ1) is 12.7. The van der Waals surface area contributed by atoms with Gasteiger partial charge in [0.25, 0.3) is 0 Å². The molecule has 1 aliphatic heterocycles. The van der Waals surface area contributed by atoms with E-state index in [2.05, 4.69) is 4.90 Å². The van der Waals surface area contributed by atoms with E-state index >= 15 is 0 Å². The van der Waals surface area contributed by atoms with Gasteiger partial charge in [0.1, 0.15) is 17.2 Å². The standard InChI is InChI=1S/C20H24N2O4/c1-25-18-6-2-16(3-7-18)21-11-13-22(14-12-21)20(24)10-15-26-19-8-4-17(23)5-9-19/h2-9,23H,10-15H2,1H3. The number of carbonyl (C=O) groups is 1. The van der Waals surface area contributed by atoms with Crippen molar-refractivity contribution in [2.45, 2.75) is 6.42 Å². The SMILES string of the molecule is COc1ccc(N2CCN(C(=O)CCOc3ccc(O)cc3)CC2)cc1. The lowest BCUT2D eigenvalue weighted by molar-refractivity contribution is -0.132. The maximum atomic E-state index is 12.3. The summed E-state index contributed by atoms with van der Waals surface area (Å²) in [6, 6.07) is 14.5. The van der Waals surface area contributed by atoms with E-state index in [1.807, 2.05) is 29.2 Å². The molecule has 0 atom stereocenters. The maximum Gasteiger partial charge on any atom is 0.226 e. The Morgan fingerprint density at radius 2 is 1.58 bits per heavy atom. The van der Waals surface area contributed by atoms with Gasteiger partial charge in [-0.2, -0.15) is 0 Å². The van der Waals surface area contributed by atoms with E-state index in [1.165, 1.54) is 0 Å². The zero-order valence-electron chi connectivity index (χ0n) is 14.9. The lowest BCUT2D eigenvalue weighted by Gasteiger charge is -2.36. The summed E-state index contributed by atoms with van der Waals surface area (Å²) >= 11 is 0. The van der Waals surface area contributed by atoms with Gasteiger partial charge in [-0.3, -0.25) is 4.79 Å². The van der Waals surface area contributed by atoms with Crippen LogP contribution in [0.1, 0.15) is 6.42 Å². The molecule has 1 amide bonds. The summed E-state index contributed by atoms with van der Waals surface area (Å²) in [7, 11) is 1.66. The van der Waals surface area contributed by atoms with Gasteiger partial charge in [-0.25, -0.2) is 0 Å². The normalized spacial score (nSPS) is 14.2. The van der Waals surface area contributed by atoms with Crippen LogP contribution in [0.15, 0.2) is 48.5 Å². The largest absolute Gasteiger partial charge is 0.508 e. The average molecular weight is 356 g/mol. The highest BCUT2D eigenvalue weighted by atomic mass is 16.5. The molecule has 0 spiro atoms. The lowest BCUT2D eigenvalue weighted by atomic mass is 10.2. The quantitative estimate of drug-likeness (QED) is 0.862. The first-order valence-corrected chi connectivity index (χ1v) is 8.74. The topological polar surface area (TPSA) is 62.2 Å². The van der Waals surface area contributed by atoms with Crippen LogP contribution in [0.4, 0.5) is 5.69 Å². The first-order valence-electron chi connectivity index (χ1n) is 8.74. The number of phenolic OH excluding ortho intramolecular Hbond substituents is 1. The Morgan fingerprint density at radius 1 is 0.962 bits per heavy atom. The predicted molar refractivity (Wildman–Crippen MR) is 100 cm³/mol. The van der Waals surface area contributed by atoms with E-state index in [9.17, 15) is 9.90 Å². The molecule has 1 fully saturated rings. The number of piperazine rings is 1. The van der Waals surface area contributed by atoms with Crippen LogP contribution in [0.5, 0.6) is 17.2 Å². The lowest BCUT2D eigenvalue weighted by Crippen LogP contribution is -2.49. The summed E-state index contributed by atoms with van der Waals surface area (Å²) < 4.78 is 10.7. The second-order valence-electron chi connectivity index (χ2n) is 6.16. The van der Waals surface area contributed by atoms with Crippen LogP contribution < -0.4 is 14.4 Å². The Kier molecular flexibility index (Phi) is 5.84. The minimum atomic E-state index is 0.109. The summed E-state index contributed by atoms with van der Waals surface area (Å²) in [5.41, 5.74) is 1.15. The molecule has 0 unspecified atom stereocenters. The van der Waals surface area contributed by atoms with Crippen molar-refractivity contribution in [3.63, 3.8) is 0 Å². The van der Waals surface area contributed by atoms with Crippen LogP contribution >= 0.6 is 0 Å². The Bertz CT molecular complexity index is 708. The van der Waals surface area contributed by atoms with Crippen LogP contribution in [-0.2, 0) is 4.79 Å². The zero-order chi connectivity index (χ0) is 18.4. The molecule has 2 aromatic rings. The van der Waals surface area contributed by atoms with Crippen molar-refractivity contribution in [3.8, 4) is 17.2 Å². The Balaban J connectivity index is 1.42. The predicted octanol–water partition coefficient (Wildman–Crippen LogP) is 2.52. The number of benzene rings is 2. The van der Waals surface area contributed by atoms with Gasteiger partial charge in [-0.05, 0) is 48.5 Å². The number of ether oxygens (including phenoxy) is 2. The molecule has 1 aliphatic rings. The first kappa shape index (κ1) is 17.9. The third kappa shape index (κ3) is 4.59. The summed E-state index contributed by atoms with van der Waals surface area (Å²) in [5, 5.41) is 9.24. The minimum absolute atomic E-state index is 0.109. The van der Waals surface area contributed by atoms with Crippen molar-refractivity contribution in [2.24, 2.45) is 0 Å². The third-order valence-corrected chi connectivity index (χ3v) is 4.49. The highest BCUT2D eigenvalue weighted by Gasteiger charge is 2.21. The van der Waals surface area contributed by atoms with Crippen LogP contribution in [0.25, 0.3) is 0 Å². The van der Waals surface area contributed by atoms with Gasteiger partial charge in [0.05, 0.1) is 20.1 Å². The van der Waals surface area contributed by atoms with Crippen molar-refractivity contribution in [2.75, 3.05) is 44.8 Å². The second kappa shape index (κ2) is 8.47. The van der Waals surface area contributed by atoms with Gasteiger partial charge < -0.3 is 24.4 Å². The van der Waals surface area contributed by atoms with Crippen molar-refractivity contribution in [1.29, 1.82) is 0 Å². The number of nitrogens with zero attached hydrogens (tertiary/aromatic N) is 2. The number of hydrogen-bond donors (Lipinski definition) is 1. The summed E-state index contributed by atoms with van der Waals surface area (Å²) in [6.07, 6.45) is 0.351. The molecule has 6 heteroatoms. The molecular formula is C20H24N2O4. The Morgan fingerprint density at radius 3 is 2.19 bits per heavy atom. The summed E-state index contributed by atoms with van der Waals surface area (Å²) in [5.74, 6) is 1.80. The Hall–Kier alpha value is -2.89. The number of carbonyl (C=O) groups excluding carboxylic acids is 1. The van der Waals surface area contributed by atoms with E-state index < -0.39 is 0 Å². The molecule has 0 bridgehead atoms. The number of phenols is 1. The number of hydrogen-bond acceptors (Lipinski definition) is 5. The van der Waals surface area contributed by atoms with Crippen molar-refractivity contribution in [1.82, 2.24) is 4.90 Å². The fourth-order valence-corrected chi connectivity index (χ4v) is 2.96. The molecule has 0 aromatic heterocycles. The average Bonchev–Trinajstić information content (AvgIpc) is 2.69. The summed E-state index contributed by atoms with van der Waals surface area (Å²) in [4.78, 5) is 16.5. The van der Waals surface area contributed by atoms with Crippen molar-refractivity contribution >= 4 is 11.6 Å². The molecule has 1 heterocycles. The number of methoxy groups -OCH3 is 1. The molecule has 0 saturated carbocycles. The second-order valence-corrected chi connectivity index (χ2v) is 6.16.